The van der Waals surface area contributed by atoms with Crippen molar-refractivity contribution < 1.29 is 5.11 Å². The second-order valence-electron chi connectivity index (χ2n) is 3.08. The van der Waals surface area contributed by atoms with Crippen LogP contribution in [0.1, 0.15) is 5.56 Å². The zero-order chi connectivity index (χ0) is 10.7. The molecule has 0 radical (unpaired) electrons. The fraction of sp³-hybridized carbons (Fsp3) is 0.0909. The highest BCUT2D eigenvalue weighted by atomic mass is 35.5. The average Bonchev–Trinajstić information content (AvgIpc) is 2.30. The maximum Gasteiger partial charge on any atom is 0.147 e. The zero-order valence-corrected chi connectivity index (χ0v) is 8.65. The van der Waals surface area contributed by atoms with Crippen LogP contribution in [0.2, 0.25) is 5.15 Å². The van der Waals surface area contributed by atoms with Crippen LogP contribution in [0.15, 0.2) is 36.7 Å². The quantitative estimate of drug-likeness (QED) is 0.845. The monoisotopic (exact) mass is 220 g/mol. The molecular weight excluding hydrogens is 212 g/mol. The molecule has 0 aliphatic carbocycles. The van der Waals surface area contributed by atoms with E-state index in [4.69, 9.17) is 16.7 Å². The van der Waals surface area contributed by atoms with Crippen molar-refractivity contribution in [3.63, 3.8) is 0 Å². The van der Waals surface area contributed by atoms with Gasteiger partial charge in [0.25, 0.3) is 0 Å². The van der Waals surface area contributed by atoms with Crippen LogP contribution in [-0.4, -0.2) is 15.1 Å². The van der Waals surface area contributed by atoms with Crippen LogP contribution < -0.4 is 0 Å². The molecule has 0 saturated carbocycles. The van der Waals surface area contributed by atoms with Gasteiger partial charge in [-0.05, 0) is 11.6 Å². The Balaban J connectivity index is 2.40. The molecule has 76 valence electrons. The Hall–Kier alpha value is -1.45. The number of halogens is 1. The number of rotatable bonds is 2. The molecule has 3 nitrogen and oxygen atoms in total. The third-order valence-electron chi connectivity index (χ3n) is 2.03. The molecule has 2 aromatic rings. The van der Waals surface area contributed by atoms with Gasteiger partial charge in [-0.25, -0.2) is 4.98 Å². The molecule has 0 bridgehead atoms. The summed E-state index contributed by atoms with van der Waals surface area (Å²) in [6.45, 7) is 0.0227. The Morgan fingerprint density at radius 1 is 1.20 bits per heavy atom. The van der Waals surface area contributed by atoms with E-state index in [2.05, 4.69) is 9.97 Å². The van der Waals surface area contributed by atoms with E-state index in [1.165, 1.54) is 6.20 Å². The summed E-state index contributed by atoms with van der Waals surface area (Å²) in [7, 11) is 0. The number of nitrogens with zero attached hydrogens (tertiary/aromatic N) is 2. The minimum atomic E-state index is 0.0227. The summed E-state index contributed by atoms with van der Waals surface area (Å²) < 4.78 is 0. The molecule has 0 aliphatic heterocycles. The molecular formula is C11H9ClN2O. The SMILES string of the molecule is OCc1cccc(-c2cnc(Cl)cn2)c1. The average molecular weight is 221 g/mol. The third kappa shape index (κ3) is 2.32. The van der Waals surface area contributed by atoms with Crippen molar-refractivity contribution >= 4 is 11.6 Å². The summed E-state index contributed by atoms with van der Waals surface area (Å²) in [6, 6.07) is 7.51. The lowest BCUT2D eigenvalue weighted by molar-refractivity contribution is 0.282. The smallest absolute Gasteiger partial charge is 0.147 e. The topological polar surface area (TPSA) is 46.0 Å². The highest BCUT2D eigenvalue weighted by Gasteiger charge is 2.00. The fourth-order valence-electron chi connectivity index (χ4n) is 1.29. The van der Waals surface area contributed by atoms with E-state index in [0.717, 1.165) is 16.8 Å². The number of aliphatic hydroxyl groups excluding tert-OH is 1. The second-order valence-corrected chi connectivity index (χ2v) is 3.47. The number of hydrogen-bond donors (Lipinski definition) is 1. The van der Waals surface area contributed by atoms with Crippen LogP contribution >= 0.6 is 11.6 Å². The van der Waals surface area contributed by atoms with E-state index in [0.29, 0.717) is 5.15 Å². The Bertz CT molecular complexity index is 456. The molecule has 0 spiro atoms. The summed E-state index contributed by atoms with van der Waals surface area (Å²) in [5.74, 6) is 0. The summed E-state index contributed by atoms with van der Waals surface area (Å²) >= 11 is 5.64. The standard InChI is InChI=1S/C11H9ClN2O/c12-11-6-13-10(5-14-11)9-3-1-2-8(4-9)7-15/h1-6,15H,7H2. The van der Waals surface area contributed by atoms with Gasteiger partial charge in [0.1, 0.15) is 5.15 Å². The highest BCUT2D eigenvalue weighted by molar-refractivity contribution is 6.29. The molecule has 0 atom stereocenters. The van der Waals surface area contributed by atoms with Crippen LogP contribution in [-0.2, 0) is 6.61 Å². The van der Waals surface area contributed by atoms with Gasteiger partial charge < -0.3 is 5.11 Å². The first-order valence-corrected chi connectivity index (χ1v) is 4.85. The summed E-state index contributed by atoms with van der Waals surface area (Å²) in [4.78, 5) is 8.10. The van der Waals surface area contributed by atoms with Gasteiger partial charge in [-0.3, -0.25) is 4.98 Å². The minimum absolute atomic E-state index is 0.0227. The van der Waals surface area contributed by atoms with Crippen molar-refractivity contribution in [1.29, 1.82) is 0 Å². The largest absolute Gasteiger partial charge is 0.392 e. The van der Waals surface area contributed by atoms with Gasteiger partial charge in [0.05, 0.1) is 24.7 Å². The lowest BCUT2D eigenvalue weighted by Crippen LogP contribution is -1.88. The van der Waals surface area contributed by atoms with E-state index in [1.807, 2.05) is 24.3 Å². The van der Waals surface area contributed by atoms with E-state index in [1.54, 1.807) is 6.20 Å². The van der Waals surface area contributed by atoms with Gasteiger partial charge in [-0.15, -0.1) is 0 Å². The Morgan fingerprint density at radius 3 is 2.73 bits per heavy atom. The van der Waals surface area contributed by atoms with Gasteiger partial charge in [0, 0.05) is 5.56 Å². The van der Waals surface area contributed by atoms with Crippen LogP contribution in [0, 0.1) is 0 Å². The molecule has 0 amide bonds. The van der Waals surface area contributed by atoms with Gasteiger partial charge in [0.2, 0.25) is 0 Å². The lowest BCUT2D eigenvalue weighted by atomic mass is 10.1. The predicted octanol–water partition coefficient (Wildman–Crippen LogP) is 2.29. The van der Waals surface area contributed by atoms with Gasteiger partial charge in [-0.2, -0.15) is 0 Å². The molecule has 1 aromatic heterocycles. The van der Waals surface area contributed by atoms with Crippen molar-refractivity contribution in [2.75, 3.05) is 0 Å². The van der Waals surface area contributed by atoms with Crippen molar-refractivity contribution in [3.05, 3.63) is 47.4 Å². The number of aromatic nitrogens is 2. The first kappa shape index (κ1) is 10.1. The van der Waals surface area contributed by atoms with Crippen LogP contribution in [0.5, 0.6) is 0 Å². The van der Waals surface area contributed by atoms with E-state index >= 15 is 0 Å². The normalized spacial score (nSPS) is 10.3. The van der Waals surface area contributed by atoms with Crippen LogP contribution in [0.3, 0.4) is 0 Å². The van der Waals surface area contributed by atoms with Crippen molar-refractivity contribution in [3.8, 4) is 11.3 Å². The maximum atomic E-state index is 9.00. The van der Waals surface area contributed by atoms with Gasteiger partial charge >= 0.3 is 0 Å². The molecule has 1 aromatic carbocycles. The number of benzene rings is 1. The Kier molecular flexibility index (Phi) is 2.94. The lowest BCUT2D eigenvalue weighted by Gasteiger charge is -2.02. The summed E-state index contributed by atoms with van der Waals surface area (Å²) in [5.41, 5.74) is 2.52. The van der Waals surface area contributed by atoms with Crippen LogP contribution in [0.4, 0.5) is 0 Å². The first-order valence-electron chi connectivity index (χ1n) is 4.47. The number of hydrogen-bond acceptors (Lipinski definition) is 3. The molecule has 0 saturated heterocycles. The van der Waals surface area contributed by atoms with E-state index < -0.39 is 0 Å². The van der Waals surface area contributed by atoms with E-state index in [-0.39, 0.29) is 6.61 Å². The molecule has 2 rings (SSSR count). The Labute approximate surface area is 92.4 Å². The van der Waals surface area contributed by atoms with E-state index in [9.17, 15) is 0 Å². The molecule has 4 heteroatoms. The molecule has 1 N–H and O–H groups in total. The van der Waals surface area contributed by atoms with Crippen molar-refractivity contribution in [2.24, 2.45) is 0 Å². The molecule has 1 heterocycles. The second kappa shape index (κ2) is 4.38. The van der Waals surface area contributed by atoms with Gasteiger partial charge in [-0.1, -0.05) is 29.8 Å². The van der Waals surface area contributed by atoms with Crippen molar-refractivity contribution in [1.82, 2.24) is 9.97 Å². The molecule has 0 aliphatic rings. The van der Waals surface area contributed by atoms with Crippen LogP contribution in [0.25, 0.3) is 11.3 Å². The van der Waals surface area contributed by atoms with Gasteiger partial charge in [0.15, 0.2) is 0 Å². The number of aliphatic hydroxyl groups is 1. The summed E-state index contributed by atoms with van der Waals surface area (Å²) in [5, 5.41) is 9.37. The third-order valence-corrected chi connectivity index (χ3v) is 2.22. The first-order chi connectivity index (χ1) is 7.29. The Morgan fingerprint density at radius 2 is 2.07 bits per heavy atom. The predicted molar refractivity (Wildman–Crippen MR) is 58.4 cm³/mol. The summed E-state index contributed by atoms with van der Waals surface area (Å²) in [6.07, 6.45) is 3.11. The minimum Gasteiger partial charge on any atom is -0.392 e. The van der Waals surface area contributed by atoms with Crippen molar-refractivity contribution in [2.45, 2.75) is 6.61 Å². The maximum absolute atomic E-state index is 9.00. The fourth-order valence-corrected chi connectivity index (χ4v) is 1.39. The zero-order valence-electron chi connectivity index (χ0n) is 7.89. The molecule has 15 heavy (non-hydrogen) atoms. The molecule has 0 unspecified atom stereocenters. The highest BCUT2D eigenvalue weighted by Crippen LogP contribution is 2.18. The molecule has 0 fully saturated rings.